The van der Waals surface area contributed by atoms with Gasteiger partial charge in [0.15, 0.2) is 0 Å². The summed E-state index contributed by atoms with van der Waals surface area (Å²) < 4.78 is 0. The van der Waals surface area contributed by atoms with E-state index in [-0.39, 0.29) is 0 Å². The lowest BCUT2D eigenvalue weighted by molar-refractivity contribution is 0.0697. The highest BCUT2D eigenvalue weighted by atomic mass is 16.4. The van der Waals surface area contributed by atoms with Crippen molar-refractivity contribution in [2.24, 2.45) is 0 Å². The van der Waals surface area contributed by atoms with Crippen molar-refractivity contribution in [1.29, 1.82) is 0 Å². The first-order valence-corrected chi connectivity index (χ1v) is 5.62. The summed E-state index contributed by atoms with van der Waals surface area (Å²) in [6.07, 6.45) is 1.80. The summed E-state index contributed by atoms with van der Waals surface area (Å²) in [5, 5.41) is 8.89. The molecule has 2 rings (SSSR count). The molecule has 1 N–H and O–H groups in total. The first kappa shape index (κ1) is 11.4. The van der Waals surface area contributed by atoms with Gasteiger partial charge in [-0.05, 0) is 36.1 Å². The van der Waals surface area contributed by atoms with Crippen molar-refractivity contribution in [1.82, 2.24) is 0 Å². The fourth-order valence-corrected chi connectivity index (χ4v) is 1.79. The summed E-state index contributed by atoms with van der Waals surface area (Å²) in [4.78, 5) is 10.8. The summed E-state index contributed by atoms with van der Waals surface area (Å²) in [5.74, 6) is -0.869. The number of carbonyl (C=O) groups is 1. The van der Waals surface area contributed by atoms with Gasteiger partial charge in [-0.2, -0.15) is 0 Å². The van der Waals surface area contributed by atoms with E-state index in [9.17, 15) is 4.79 Å². The molecule has 2 heteroatoms. The zero-order chi connectivity index (χ0) is 12.1. The van der Waals surface area contributed by atoms with Crippen LogP contribution in [0.15, 0.2) is 54.6 Å². The van der Waals surface area contributed by atoms with Crippen molar-refractivity contribution in [3.63, 3.8) is 0 Å². The largest absolute Gasteiger partial charge is 0.478 e. The molecular weight excluding hydrogens is 212 g/mol. The lowest BCUT2D eigenvalue weighted by atomic mass is 10.0. The van der Waals surface area contributed by atoms with Gasteiger partial charge in [0.2, 0.25) is 0 Å². The molecule has 0 saturated heterocycles. The number of benzene rings is 2. The second-order valence-corrected chi connectivity index (χ2v) is 3.99. The van der Waals surface area contributed by atoms with Gasteiger partial charge in [-0.25, -0.2) is 4.79 Å². The van der Waals surface area contributed by atoms with E-state index in [1.54, 1.807) is 18.2 Å². The molecule has 0 aliphatic heterocycles. The fraction of sp³-hybridized carbons (Fsp3) is 0.133. The average Bonchev–Trinajstić information content (AvgIpc) is 2.38. The van der Waals surface area contributed by atoms with Crippen LogP contribution < -0.4 is 0 Å². The lowest BCUT2D eigenvalue weighted by Gasteiger charge is -2.03. The first-order chi connectivity index (χ1) is 8.25. The van der Waals surface area contributed by atoms with Gasteiger partial charge in [0.05, 0.1) is 5.56 Å². The van der Waals surface area contributed by atoms with Gasteiger partial charge < -0.3 is 5.11 Å². The molecule has 2 nitrogen and oxygen atoms in total. The standard InChI is InChI=1S/C15H14O2/c16-15(17)14-8-4-7-13(11-14)10-9-12-5-2-1-3-6-12/h1-8,11H,9-10H2,(H,16,17). The topological polar surface area (TPSA) is 37.3 Å². The van der Waals surface area contributed by atoms with Crippen molar-refractivity contribution in [3.8, 4) is 0 Å². The molecule has 2 aromatic rings. The molecular formula is C15H14O2. The number of carboxylic acids is 1. The van der Waals surface area contributed by atoms with Crippen LogP contribution in [-0.2, 0) is 12.8 Å². The van der Waals surface area contributed by atoms with Crippen LogP contribution >= 0.6 is 0 Å². The molecule has 0 aliphatic rings. The molecule has 0 unspecified atom stereocenters. The molecule has 0 amide bonds. The number of hydrogen-bond donors (Lipinski definition) is 1. The molecule has 0 aliphatic carbocycles. The third-order valence-electron chi connectivity index (χ3n) is 2.72. The smallest absolute Gasteiger partial charge is 0.335 e. The second-order valence-electron chi connectivity index (χ2n) is 3.99. The van der Waals surface area contributed by atoms with Crippen molar-refractivity contribution in [2.75, 3.05) is 0 Å². The van der Waals surface area contributed by atoms with Gasteiger partial charge in [0.25, 0.3) is 0 Å². The van der Waals surface area contributed by atoms with Gasteiger partial charge >= 0.3 is 5.97 Å². The Morgan fingerprint density at radius 3 is 2.24 bits per heavy atom. The average molecular weight is 226 g/mol. The maximum absolute atomic E-state index is 10.8. The SMILES string of the molecule is O=C(O)c1cccc(CCc2ccccc2)c1. The molecule has 17 heavy (non-hydrogen) atoms. The van der Waals surface area contributed by atoms with Crippen LogP contribution in [0.5, 0.6) is 0 Å². The number of aromatic carboxylic acids is 1. The predicted molar refractivity (Wildman–Crippen MR) is 67.3 cm³/mol. The Labute approximate surface area is 101 Å². The Kier molecular flexibility index (Phi) is 3.55. The molecule has 0 fully saturated rings. The molecule has 2 aromatic carbocycles. The Balaban J connectivity index is 2.04. The minimum Gasteiger partial charge on any atom is -0.478 e. The Morgan fingerprint density at radius 2 is 1.53 bits per heavy atom. The van der Waals surface area contributed by atoms with E-state index in [2.05, 4.69) is 12.1 Å². The van der Waals surface area contributed by atoms with Crippen molar-refractivity contribution in [3.05, 3.63) is 71.3 Å². The van der Waals surface area contributed by atoms with Gasteiger partial charge in [-0.15, -0.1) is 0 Å². The minimum absolute atomic E-state index is 0.357. The lowest BCUT2D eigenvalue weighted by Crippen LogP contribution is -1.98. The number of hydrogen-bond acceptors (Lipinski definition) is 1. The number of rotatable bonds is 4. The van der Waals surface area contributed by atoms with E-state index < -0.39 is 5.97 Å². The zero-order valence-corrected chi connectivity index (χ0v) is 9.47. The summed E-state index contributed by atoms with van der Waals surface area (Å²) in [6.45, 7) is 0. The number of carboxylic acid groups (broad SMARTS) is 1. The third-order valence-corrected chi connectivity index (χ3v) is 2.72. The maximum atomic E-state index is 10.8. The molecule has 0 aromatic heterocycles. The van der Waals surface area contributed by atoms with Crippen molar-refractivity contribution >= 4 is 5.97 Å². The van der Waals surface area contributed by atoms with Crippen LogP contribution in [0.3, 0.4) is 0 Å². The van der Waals surface area contributed by atoms with E-state index in [0.717, 1.165) is 18.4 Å². The molecule has 0 radical (unpaired) electrons. The van der Waals surface area contributed by atoms with E-state index in [1.165, 1.54) is 5.56 Å². The highest BCUT2D eigenvalue weighted by Crippen LogP contribution is 2.09. The highest BCUT2D eigenvalue weighted by Gasteiger charge is 2.03. The second kappa shape index (κ2) is 5.30. The Hall–Kier alpha value is -2.09. The molecule has 0 bridgehead atoms. The summed E-state index contributed by atoms with van der Waals surface area (Å²) >= 11 is 0. The maximum Gasteiger partial charge on any atom is 0.335 e. The van der Waals surface area contributed by atoms with Crippen LogP contribution in [0, 0.1) is 0 Å². The van der Waals surface area contributed by atoms with E-state index in [4.69, 9.17) is 5.11 Å². The predicted octanol–water partition coefficient (Wildman–Crippen LogP) is 3.17. The zero-order valence-electron chi connectivity index (χ0n) is 9.47. The van der Waals surface area contributed by atoms with E-state index in [0.29, 0.717) is 5.56 Å². The van der Waals surface area contributed by atoms with E-state index >= 15 is 0 Å². The Bertz CT molecular complexity index is 503. The first-order valence-electron chi connectivity index (χ1n) is 5.62. The van der Waals surface area contributed by atoms with Gasteiger partial charge in [0.1, 0.15) is 0 Å². The summed E-state index contributed by atoms with van der Waals surface area (Å²) in [5.41, 5.74) is 2.69. The molecule has 0 saturated carbocycles. The molecule has 0 spiro atoms. The van der Waals surface area contributed by atoms with E-state index in [1.807, 2.05) is 24.3 Å². The van der Waals surface area contributed by atoms with Crippen LogP contribution in [0.4, 0.5) is 0 Å². The normalized spacial score (nSPS) is 10.1. The third kappa shape index (κ3) is 3.18. The van der Waals surface area contributed by atoms with Crippen LogP contribution in [0.1, 0.15) is 21.5 Å². The van der Waals surface area contributed by atoms with Crippen molar-refractivity contribution < 1.29 is 9.90 Å². The quantitative estimate of drug-likeness (QED) is 0.869. The molecule has 0 heterocycles. The minimum atomic E-state index is -0.869. The van der Waals surface area contributed by atoms with Crippen LogP contribution in [0.2, 0.25) is 0 Å². The number of aryl methyl sites for hydroxylation is 2. The monoisotopic (exact) mass is 226 g/mol. The molecule has 0 atom stereocenters. The van der Waals surface area contributed by atoms with Crippen molar-refractivity contribution in [2.45, 2.75) is 12.8 Å². The molecule has 86 valence electrons. The van der Waals surface area contributed by atoms with Crippen LogP contribution in [0.25, 0.3) is 0 Å². The van der Waals surface area contributed by atoms with Gasteiger partial charge in [-0.1, -0.05) is 42.5 Å². The highest BCUT2D eigenvalue weighted by molar-refractivity contribution is 5.87. The van der Waals surface area contributed by atoms with Crippen LogP contribution in [-0.4, -0.2) is 11.1 Å². The fourth-order valence-electron chi connectivity index (χ4n) is 1.79. The summed E-state index contributed by atoms with van der Waals surface area (Å²) in [6, 6.07) is 17.3. The van der Waals surface area contributed by atoms with Gasteiger partial charge in [0, 0.05) is 0 Å². The Morgan fingerprint density at radius 1 is 0.882 bits per heavy atom. The summed E-state index contributed by atoms with van der Waals surface area (Å²) in [7, 11) is 0. The van der Waals surface area contributed by atoms with Gasteiger partial charge in [-0.3, -0.25) is 0 Å².